The second kappa shape index (κ2) is 7.94. The van der Waals surface area contributed by atoms with Crippen molar-refractivity contribution in [3.05, 3.63) is 65.5 Å². The Morgan fingerprint density at radius 1 is 1.32 bits per heavy atom. The number of anilines is 1. The van der Waals surface area contributed by atoms with Crippen molar-refractivity contribution in [3.8, 4) is 6.07 Å². The normalized spacial score (nSPS) is 11.8. The number of nitriles is 1. The molecule has 0 fully saturated rings. The third-order valence-corrected chi connectivity index (χ3v) is 4.44. The van der Waals surface area contributed by atoms with Crippen LogP contribution in [0.4, 0.5) is 5.69 Å². The second-order valence-corrected chi connectivity index (χ2v) is 7.82. The van der Waals surface area contributed by atoms with E-state index in [1.54, 1.807) is 42.7 Å². The largest absolute Gasteiger partial charge is 0.347 e. The zero-order chi connectivity index (χ0) is 20.1. The Hall–Kier alpha value is -3.64. The lowest BCUT2D eigenvalue weighted by Gasteiger charge is -2.08. The zero-order valence-electron chi connectivity index (χ0n) is 14.9. The minimum Gasteiger partial charge on any atom is -0.347 e. The van der Waals surface area contributed by atoms with Crippen molar-refractivity contribution >= 4 is 38.7 Å². The number of rotatable bonds is 6. The summed E-state index contributed by atoms with van der Waals surface area (Å²) in [5.74, 6) is -0.526. The molecule has 2 heterocycles. The van der Waals surface area contributed by atoms with E-state index in [0.717, 1.165) is 11.6 Å². The van der Waals surface area contributed by atoms with Crippen LogP contribution < -0.4 is 10.0 Å². The average molecular weight is 395 g/mol. The number of aromatic nitrogens is 2. The first kappa shape index (κ1) is 19.1. The SMILES string of the molecule is CS(=O)(=O)Nc1cccc(CNC(=O)/C(C#N)=C/c2c[nH]c3ncccc23)c1. The van der Waals surface area contributed by atoms with Crippen LogP contribution in [0.1, 0.15) is 11.1 Å². The van der Waals surface area contributed by atoms with Crippen molar-refractivity contribution in [2.45, 2.75) is 6.54 Å². The smallest absolute Gasteiger partial charge is 0.262 e. The molecule has 0 unspecified atom stereocenters. The maximum absolute atomic E-state index is 12.4. The Labute approximate surface area is 162 Å². The predicted octanol–water partition coefficient (Wildman–Crippen LogP) is 2.16. The molecular weight excluding hydrogens is 378 g/mol. The molecule has 0 saturated heterocycles. The van der Waals surface area contributed by atoms with Gasteiger partial charge in [-0.1, -0.05) is 12.1 Å². The summed E-state index contributed by atoms with van der Waals surface area (Å²) in [6.07, 6.45) is 5.89. The summed E-state index contributed by atoms with van der Waals surface area (Å²) in [5, 5.41) is 12.8. The highest BCUT2D eigenvalue weighted by Gasteiger charge is 2.11. The monoisotopic (exact) mass is 395 g/mol. The minimum absolute atomic E-state index is 0.0461. The van der Waals surface area contributed by atoms with Gasteiger partial charge in [-0.25, -0.2) is 13.4 Å². The summed E-state index contributed by atoms with van der Waals surface area (Å²) in [6, 6.07) is 12.2. The third-order valence-electron chi connectivity index (χ3n) is 3.83. The molecule has 2 aromatic heterocycles. The molecule has 1 aromatic carbocycles. The molecule has 0 radical (unpaired) electrons. The fraction of sp³-hybridized carbons (Fsp3) is 0.105. The highest BCUT2D eigenvalue weighted by Crippen LogP contribution is 2.18. The van der Waals surface area contributed by atoms with Crippen LogP contribution in [0, 0.1) is 11.3 Å². The molecule has 0 bridgehead atoms. The van der Waals surface area contributed by atoms with Crippen molar-refractivity contribution < 1.29 is 13.2 Å². The van der Waals surface area contributed by atoms with Gasteiger partial charge in [0.2, 0.25) is 10.0 Å². The first-order chi connectivity index (χ1) is 13.4. The Morgan fingerprint density at radius 3 is 2.89 bits per heavy atom. The standard InChI is InChI=1S/C19H17N5O3S/c1-28(26,27)24-16-5-2-4-13(8-16)11-23-19(25)14(10-20)9-15-12-22-18-17(15)6-3-7-21-18/h2-9,12,24H,11H2,1H3,(H,21,22)(H,23,25)/b14-9+. The van der Waals surface area contributed by atoms with Gasteiger partial charge in [0, 0.05) is 35.6 Å². The zero-order valence-corrected chi connectivity index (χ0v) is 15.7. The van der Waals surface area contributed by atoms with E-state index >= 15 is 0 Å². The minimum atomic E-state index is -3.39. The van der Waals surface area contributed by atoms with E-state index in [1.807, 2.05) is 12.1 Å². The Kier molecular flexibility index (Phi) is 5.42. The molecule has 0 aliphatic heterocycles. The number of H-pyrrole nitrogens is 1. The van der Waals surface area contributed by atoms with E-state index in [1.165, 1.54) is 6.08 Å². The van der Waals surface area contributed by atoms with Crippen molar-refractivity contribution in [1.82, 2.24) is 15.3 Å². The van der Waals surface area contributed by atoms with Gasteiger partial charge in [0.05, 0.1) is 6.26 Å². The fourth-order valence-corrected chi connectivity index (χ4v) is 3.19. The first-order valence-electron chi connectivity index (χ1n) is 8.24. The molecule has 142 valence electrons. The molecule has 3 aromatic rings. The Bertz CT molecular complexity index is 1210. The molecule has 0 atom stereocenters. The van der Waals surface area contributed by atoms with E-state index in [-0.39, 0.29) is 12.1 Å². The Balaban J connectivity index is 1.73. The van der Waals surface area contributed by atoms with E-state index in [0.29, 0.717) is 22.5 Å². The van der Waals surface area contributed by atoms with Gasteiger partial charge < -0.3 is 10.3 Å². The van der Waals surface area contributed by atoms with Crippen LogP contribution in [0.5, 0.6) is 0 Å². The number of nitrogens with zero attached hydrogens (tertiary/aromatic N) is 2. The molecule has 9 heteroatoms. The van der Waals surface area contributed by atoms with Gasteiger partial charge >= 0.3 is 0 Å². The maximum Gasteiger partial charge on any atom is 0.262 e. The predicted molar refractivity (Wildman–Crippen MR) is 106 cm³/mol. The van der Waals surface area contributed by atoms with Gasteiger partial charge in [-0.3, -0.25) is 9.52 Å². The number of benzene rings is 1. The van der Waals surface area contributed by atoms with Gasteiger partial charge in [0.15, 0.2) is 0 Å². The number of fused-ring (bicyclic) bond motifs is 1. The molecule has 28 heavy (non-hydrogen) atoms. The molecule has 3 N–H and O–H groups in total. The highest BCUT2D eigenvalue weighted by atomic mass is 32.2. The number of sulfonamides is 1. The lowest BCUT2D eigenvalue weighted by Crippen LogP contribution is -2.24. The highest BCUT2D eigenvalue weighted by molar-refractivity contribution is 7.92. The van der Waals surface area contributed by atoms with Gasteiger partial charge in [-0.2, -0.15) is 5.26 Å². The van der Waals surface area contributed by atoms with E-state index in [2.05, 4.69) is 20.0 Å². The summed E-state index contributed by atoms with van der Waals surface area (Å²) in [4.78, 5) is 19.5. The quantitative estimate of drug-likeness (QED) is 0.435. The molecule has 0 saturated carbocycles. The lowest BCUT2D eigenvalue weighted by atomic mass is 10.1. The molecule has 0 spiro atoms. The van der Waals surface area contributed by atoms with Crippen LogP contribution in [0.2, 0.25) is 0 Å². The summed E-state index contributed by atoms with van der Waals surface area (Å²) >= 11 is 0. The van der Waals surface area contributed by atoms with Crippen LogP contribution >= 0.6 is 0 Å². The number of carbonyl (C=O) groups excluding carboxylic acids is 1. The van der Waals surface area contributed by atoms with Crippen molar-refractivity contribution in [3.63, 3.8) is 0 Å². The summed E-state index contributed by atoms with van der Waals surface area (Å²) in [5.41, 5.74) is 2.40. The molecule has 0 aliphatic carbocycles. The van der Waals surface area contributed by atoms with Crippen LogP contribution in [-0.2, 0) is 21.4 Å². The van der Waals surface area contributed by atoms with Gasteiger partial charge in [-0.15, -0.1) is 0 Å². The number of aromatic amines is 1. The summed E-state index contributed by atoms with van der Waals surface area (Å²) < 4.78 is 25.0. The number of hydrogen-bond acceptors (Lipinski definition) is 5. The Morgan fingerprint density at radius 2 is 2.14 bits per heavy atom. The molecule has 8 nitrogen and oxygen atoms in total. The van der Waals surface area contributed by atoms with Crippen molar-refractivity contribution in [2.24, 2.45) is 0 Å². The third kappa shape index (κ3) is 4.75. The molecule has 0 aliphatic rings. The number of nitrogens with one attached hydrogen (secondary N) is 3. The average Bonchev–Trinajstić information content (AvgIpc) is 3.06. The van der Waals surface area contributed by atoms with E-state index in [9.17, 15) is 18.5 Å². The second-order valence-electron chi connectivity index (χ2n) is 6.07. The van der Waals surface area contributed by atoms with Crippen LogP contribution in [0.3, 0.4) is 0 Å². The summed E-state index contributed by atoms with van der Waals surface area (Å²) in [7, 11) is -3.39. The van der Waals surface area contributed by atoms with Crippen molar-refractivity contribution in [2.75, 3.05) is 11.0 Å². The van der Waals surface area contributed by atoms with Gasteiger partial charge in [0.1, 0.15) is 17.3 Å². The number of pyridine rings is 1. The molecular formula is C19H17N5O3S. The van der Waals surface area contributed by atoms with Crippen LogP contribution in [0.25, 0.3) is 17.1 Å². The van der Waals surface area contributed by atoms with E-state index in [4.69, 9.17) is 0 Å². The van der Waals surface area contributed by atoms with E-state index < -0.39 is 15.9 Å². The van der Waals surface area contributed by atoms with Gasteiger partial charge in [-0.05, 0) is 35.9 Å². The number of hydrogen-bond donors (Lipinski definition) is 3. The fourth-order valence-electron chi connectivity index (χ4n) is 2.64. The lowest BCUT2D eigenvalue weighted by molar-refractivity contribution is -0.117. The van der Waals surface area contributed by atoms with Gasteiger partial charge in [0.25, 0.3) is 5.91 Å². The number of amides is 1. The van der Waals surface area contributed by atoms with Crippen LogP contribution in [0.15, 0.2) is 54.4 Å². The maximum atomic E-state index is 12.4. The summed E-state index contributed by atoms with van der Waals surface area (Å²) in [6.45, 7) is 0.145. The molecule has 3 rings (SSSR count). The van der Waals surface area contributed by atoms with Crippen molar-refractivity contribution in [1.29, 1.82) is 5.26 Å². The first-order valence-corrected chi connectivity index (χ1v) is 10.1. The topological polar surface area (TPSA) is 128 Å². The number of carbonyl (C=O) groups is 1. The molecule has 1 amide bonds. The van der Waals surface area contributed by atoms with Crippen LogP contribution in [-0.4, -0.2) is 30.5 Å².